The Kier molecular flexibility index (Phi) is 4.33. The van der Waals surface area contributed by atoms with Gasteiger partial charge in [-0.1, -0.05) is 0 Å². The van der Waals surface area contributed by atoms with Crippen LogP contribution in [-0.2, 0) is 9.53 Å². The SMILES string of the molecule is O=C(O)CC1CCCCN1C(=O)N1CCOC2CCCC21. The molecule has 0 aromatic rings. The number of carbonyl (C=O) groups excluding carboxylic acids is 1. The number of carboxylic acids is 1. The van der Waals surface area contributed by atoms with Gasteiger partial charge >= 0.3 is 12.0 Å². The molecule has 3 aliphatic rings. The normalized spacial score (nSPS) is 32.9. The van der Waals surface area contributed by atoms with E-state index in [-0.39, 0.29) is 30.6 Å². The lowest BCUT2D eigenvalue weighted by molar-refractivity contribution is -0.138. The van der Waals surface area contributed by atoms with Crippen LogP contribution in [0.15, 0.2) is 0 Å². The fourth-order valence-corrected chi connectivity index (χ4v) is 3.99. The molecule has 0 radical (unpaired) electrons. The number of fused-ring (bicyclic) bond motifs is 1. The number of urea groups is 1. The van der Waals surface area contributed by atoms with Gasteiger partial charge in [-0.05, 0) is 38.5 Å². The summed E-state index contributed by atoms with van der Waals surface area (Å²) in [6.07, 6.45) is 6.18. The number of aliphatic carboxylic acids is 1. The molecule has 0 aromatic heterocycles. The third-order valence-corrected chi connectivity index (χ3v) is 5.01. The van der Waals surface area contributed by atoms with E-state index in [1.54, 1.807) is 4.90 Å². The van der Waals surface area contributed by atoms with Gasteiger partial charge in [-0.2, -0.15) is 0 Å². The van der Waals surface area contributed by atoms with E-state index in [9.17, 15) is 9.59 Å². The Labute approximate surface area is 125 Å². The highest BCUT2D eigenvalue weighted by Crippen LogP contribution is 2.31. The number of nitrogens with zero attached hydrogens (tertiary/aromatic N) is 2. The minimum atomic E-state index is -0.819. The van der Waals surface area contributed by atoms with Crippen molar-refractivity contribution in [1.82, 2.24) is 9.80 Å². The fraction of sp³-hybridized carbons (Fsp3) is 0.867. The molecule has 3 fully saturated rings. The molecule has 2 amide bonds. The maximum absolute atomic E-state index is 12.9. The minimum absolute atomic E-state index is 0.0288. The van der Waals surface area contributed by atoms with E-state index in [0.29, 0.717) is 19.7 Å². The molecule has 3 atom stereocenters. The van der Waals surface area contributed by atoms with Crippen LogP contribution in [0.5, 0.6) is 0 Å². The first-order valence-corrected chi connectivity index (χ1v) is 8.07. The van der Waals surface area contributed by atoms with Gasteiger partial charge in [0.05, 0.1) is 25.2 Å². The van der Waals surface area contributed by atoms with Crippen molar-refractivity contribution in [2.45, 2.75) is 63.1 Å². The predicted octanol–water partition coefficient (Wildman–Crippen LogP) is 1.69. The van der Waals surface area contributed by atoms with E-state index in [0.717, 1.165) is 38.5 Å². The van der Waals surface area contributed by atoms with Crippen LogP contribution in [0.3, 0.4) is 0 Å². The standard InChI is InChI=1S/C15H24N2O4/c18-14(19)10-11-4-1-2-7-16(11)15(20)17-8-9-21-13-6-3-5-12(13)17/h11-13H,1-10H2,(H,18,19). The summed E-state index contributed by atoms with van der Waals surface area (Å²) in [5, 5.41) is 9.05. The Bertz CT molecular complexity index is 414. The van der Waals surface area contributed by atoms with Gasteiger partial charge in [0, 0.05) is 19.1 Å². The lowest BCUT2D eigenvalue weighted by atomic mass is 9.99. The van der Waals surface area contributed by atoms with Gasteiger partial charge in [0.2, 0.25) is 0 Å². The van der Waals surface area contributed by atoms with E-state index < -0.39 is 5.97 Å². The van der Waals surface area contributed by atoms with Crippen LogP contribution in [0, 0.1) is 0 Å². The molecule has 1 saturated carbocycles. The van der Waals surface area contributed by atoms with Crippen molar-refractivity contribution in [1.29, 1.82) is 0 Å². The molecule has 6 heteroatoms. The zero-order chi connectivity index (χ0) is 14.8. The Hall–Kier alpha value is -1.30. The largest absolute Gasteiger partial charge is 0.481 e. The van der Waals surface area contributed by atoms with Gasteiger partial charge in [-0.3, -0.25) is 4.79 Å². The van der Waals surface area contributed by atoms with Gasteiger partial charge in [-0.25, -0.2) is 4.79 Å². The summed E-state index contributed by atoms with van der Waals surface area (Å²) in [5.41, 5.74) is 0. The molecule has 2 aliphatic heterocycles. The quantitative estimate of drug-likeness (QED) is 0.842. The number of likely N-dealkylation sites (tertiary alicyclic amines) is 1. The molecule has 0 spiro atoms. The van der Waals surface area contributed by atoms with Crippen LogP contribution in [0.25, 0.3) is 0 Å². The molecule has 3 rings (SSSR count). The van der Waals surface area contributed by atoms with Crippen LogP contribution in [0.2, 0.25) is 0 Å². The summed E-state index contributed by atoms with van der Waals surface area (Å²) in [6.45, 7) is 1.92. The molecule has 2 saturated heterocycles. The molecular weight excluding hydrogens is 272 g/mol. The maximum Gasteiger partial charge on any atom is 0.320 e. The summed E-state index contributed by atoms with van der Waals surface area (Å²) in [6, 6.07) is 0.0752. The fourth-order valence-electron chi connectivity index (χ4n) is 3.99. The molecule has 1 aliphatic carbocycles. The molecule has 21 heavy (non-hydrogen) atoms. The number of hydrogen-bond acceptors (Lipinski definition) is 3. The average Bonchev–Trinajstić information content (AvgIpc) is 2.95. The van der Waals surface area contributed by atoms with Crippen molar-refractivity contribution in [2.75, 3.05) is 19.7 Å². The van der Waals surface area contributed by atoms with Crippen LogP contribution in [0.1, 0.15) is 44.9 Å². The van der Waals surface area contributed by atoms with E-state index in [1.807, 2.05) is 4.90 Å². The molecular formula is C15H24N2O4. The highest BCUT2D eigenvalue weighted by Gasteiger charge is 2.41. The molecule has 1 N–H and O–H groups in total. The first-order valence-electron chi connectivity index (χ1n) is 8.07. The maximum atomic E-state index is 12.9. The van der Waals surface area contributed by atoms with Crippen molar-refractivity contribution in [2.24, 2.45) is 0 Å². The molecule has 6 nitrogen and oxygen atoms in total. The van der Waals surface area contributed by atoms with Gasteiger partial charge in [0.1, 0.15) is 0 Å². The smallest absolute Gasteiger partial charge is 0.320 e. The van der Waals surface area contributed by atoms with Crippen molar-refractivity contribution in [3.05, 3.63) is 0 Å². The number of hydrogen-bond donors (Lipinski definition) is 1. The van der Waals surface area contributed by atoms with Crippen LogP contribution < -0.4 is 0 Å². The molecule has 2 heterocycles. The summed E-state index contributed by atoms with van der Waals surface area (Å²) >= 11 is 0. The number of amides is 2. The number of rotatable bonds is 2. The van der Waals surface area contributed by atoms with Crippen molar-refractivity contribution in [3.8, 4) is 0 Å². The second-order valence-corrected chi connectivity index (χ2v) is 6.32. The van der Waals surface area contributed by atoms with E-state index in [4.69, 9.17) is 9.84 Å². The molecule has 3 unspecified atom stereocenters. The first-order chi connectivity index (χ1) is 10.2. The van der Waals surface area contributed by atoms with Crippen molar-refractivity contribution in [3.63, 3.8) is 0 Å². The van der Waals surface area contributed by atoms with Crippen LogP contribution in [-0.4, -0.2) is 64.8 Å². The second-order valence-electron chi connectivity index (χ2n) is 6.32. The van der Waals surface area contributed by atoms with Crippen LogP contribution >= 0.6 is 0 Å². The Balaban J connectivity index is 1.71. The number of morpholine rings is 1. The van der Waals surface area contributed by atoms with Gasteiger partial charge in [0.15, 0.2) is 0 Å². The highest BCUT2D eigenvalue weighted by atomic mass is 16.5. The monoisotopic (exact) mass is 296 g/mol. The zero-order valence-electron chi connectivity index (χ0n) is 12.4. The minimum Gasteiger partial charge on any atom is -0.481 e. The van der Waals surface area contributed by atoms with Gasteiger partial charge in [0.25, 0.3) is 0 Å². The lowest BCUT2D eigenvalue weighted by Gasteiger charge is -2.43. The summed E-state index contributed by atoms with van der Waals surface area (Å²) < 4.78 is 5.75. The highest BCUT2D eigenvalue weighted by molar-refractivity contribution is 5.77. The lowest BCUT2D eigenvalue weighted by Crippen LogP contribution is -2.58. The van der Waals surface area contributed by atoms with Crippen molar-refractivity contribution < 1.29 is 19.4 Å². The Morgan fingerprint density at radius 2 is 1.90 bits per heavy atom. The summed E-state index contributed by atoms with van der Waals surface area (Å²) in [7, 11) is 0. The van der Waals surface area contributed by atoms with Crippen LogP contribution in [0.4, 0.5) is 4.79 Å². The second kappa shape index (κ2) is 6.22. The molecule has 0 bridgehead atoms. The molecule has 0 aromatic carbocycles. The predicted molar refractivity (Wildman–Crippen MR) is 76.1 cm³/mol. The molecule has 118 valence electrons. The van der Waals surface area contributed by atoms with Crippen molar-refractivity contribution >= 4 is 12.0 Å². The number of piperidine rings is 1. The van der Waals surface area contributed by atoms with E-state index >= 15 is 0 Å². The van der Waals surface area contributed by atoms with E-state index in [1.165, 1.54) is 0 Å². The number of ether oxygens (including phenoxy) is 1. The Morgan fingerprint density at radius 3 is 2.71 bits per heavy atom. The zero-order valence-corrected chi connectivity index (χ0v) is 12.4. The van der Waals surface area contributed by atoms with E-state index in [2.05, 4.69) is 0 Å². The summed E-state index contributed by atoms with van der Waals surface area (Å²) in [4.78, 5) is 27.7. The number of carboxylic acid groups (broad SMARTS) is 1. The van der Waals surface area contributed by atoms with Gasteiger partial charge in [-0.15, -0.1) is 0 Å². The first kappa shape index (κ1) is 14.6. The third-order valence-electron chi connectivity index (χ3n) is 5.01. The summed E-state index contributed by atoms with van der Waals surface area (Å²) in [5.74, 6) is -0.819. The third kappa shape index (κ3) is 3.00. The van der Waals surface area contributed by atoms with Gasteiger partial charge < -0.3 is 19.6 Å². The number of carbonyl (C=O) groups is 2. The average molecular weight is 296 g/mol. The Morgan fingerprint density at radius 1 is 1.05 bits per heavy atom. The topological polar surface area (TPSA) is 70.1 Å².